The maximum absolute atomic E-state index is 11.6. The van der Waals surface area contributed by atoms with E-state index in [4.69, 9.17) is 15.6 Å². The fourth-order valence-corrected chi connectivity index (χ4v) is 3.09. The van der Waals surface area contributed by atoms with Gasteiger partial charge in [-0.3, -0.25) is 0 Å². The molecular formula is C8H14N2O4S2. The number of anilines is 1. The van der Waals surface area contributed by atoms with Crippen molar-refractivity contribution in [2.75, 3.05) is 32.1 Å². The summed E-state index contributed by atoms with van der Waals surface area (Å²) in [5, 5.41) is 10.00. The summed E-state index contributed by atoms with van der Waals surface area (Å²) < 4.78 is 30.7. The number of rotatable bonds is 7. The van der Waals surface area contributed by atoms with Crippen LogP contribution in [-0.4, -0.2) is 39.9 Å². The van der Waals surface area contributed by atoms with Crippen LogP contribution in [0.5, 0.6) is 0 Å². The molecule has 0 fully saturated rings. The quantitative estimate of drug-likeness (QED) is 0.584. The third kappa shape index (κ3) is 4.06. The van der Waals surface area contributed by atoms with Gasteiger partial charge in [0.15, 0.2) is 0 Å². The van der Waals surface area contributed by atoms with Crippen molar-refractivity contribution in [3.8, 4) is 0 Å². The zero-order chi connectivity index (χ0) is 12.0. The molecule has 0 saturated heterocycles. The molecule has 1 aromatic rings. The molecule has 0 spiro atoms. The molecule has 1 rings (SSSR count). The van der Waals surface area contributed by atoms with Crippen LogP contribution in [0.25, 0.3) is 0 Å². The zero-order valence-electron chi connectivity index (χ0n) is 8.55. The molecule has 0 aliphatic carbocycles. The minimum Gasteiger partial charge on any atom is -0.398 e. The fraction of sp³-hybridized carbons (Fsp3) is 0.500. The lowest BCUT2D eigenvalue weighted by atomic mass is 10.6. The lowest BCUT2D eigenvalue weighted by molar-refractivity contribution is 0.0961. The van der Waals surface area contributed by atoms with E-state index in [1.807, 2.05) is 0 Å². The van der Waals surface area contributed by atoms with Gasteiger partial charge in [-0.2, -0.15) is 0 Å². The number of sulfonamides is 1. The van der Waals surface area contributed by atoms with E-state index >= 15 is 0 Å². The van der Waals surface area contributed by atoms with Gasteiger partial charge in [0, 0.05) is 17.6 Å². The number of nitrogen functional groups attached to an aromatic ring is 1. The Morgan fingerprint density at radius 2 is 2.25 bits per heavy atom. The number of aliphatic hydroxyl groups excluding tert-OH is 1. The van der Waals surface area contributed by atoms with E-state index in [1.54, 1.807) is 5.38 Å². The first-order chi connectivity index (χ1) is 7.56. The van der Waals surface area contributed by atoms with Crippen molar-refractivity contribution >= 4 is 27.0 Å². The van der Waals surface area contributed by atoms with E-state index in [2.05, 4.69) is 4.72 Å². The summed E-state index contributed by atoms with van der Waals surface area (Å²) in [5.41, 5.74) is 5.87. The zero-order valence-corrected chi connectivity index (χ0v) is 10.2. The SMILES string of the molecule is Nc1csc(S(=O)(=O)NCCOCCO)c1. The number of hydrogen-bond donors (Lipinski definition) is 3. The molecule has 1 aromatic heterocycles. The van der Waals surface area contributed by atoms with Crippen LogP contribution in [0.15, 0.2) is 15.7 Å². The number of thiophene rings is 1. The van der Waals surface area contributed by atoms with Crippen molar-refractivity contribution in [1.29, 1.82) is 0 Å². The molecule has 0 unspecified atom stereocenters. The Bertz CT molecular complexity index is 415. The molecule has 0 aliphatic rings. The van der Waals surface area contributed by atoms with Crippen molar-refractivity contribution in [3.05, 3.63) is 11.4 Å². The van der Waals surface area contributed by atoms with Gasteiger partial charge in [-0.25, -0.2) is 13.1 Å². The molecule has 0 saturated carbocycles. The molecule has 6 nitrogen and oxygen atoms in total. The highest BCUT2D eigenvalue weighted by Gasteiger charge is 2.15. The van der Waals surface area contributed by atoms with Gasteiger partial charge in [-0.15, -0.1) is 11.3 Å². The highest BCUT2D eigenvalue weighted by Crippen LogP contribution is 2.20. The number of ether oxygens (including phenoxy) is 1. The van der Waals surface area contributed by atoms with Crippen molar-refractivity contribution in [2.45, 2.75) is 4.21 Å². The molecule has 0 aliphatic heterocycles. The number of nitrogens with one attached hydrogen (secondary N) is 1. The van der Waals surface area contributed by atoms with Gasteiger partial charge in [-0.1, -0.05) is 0 Å². The molecule has 0 amide bonds. The normalized spacial score (nSPS) is 11.8. The largest absolute Gasteiger partial charge is 0.398 e. The predicted octanol–water partition coefficient (Wildman–Crippen LogP) is -0.383. The standard InChI is InChI=1S/C8H14N2O4S2/c9-7-5-8(15-6-7)16(12,13)10-1-3-14-4-2-11/h5-6,10-11H,1-4,9H2. The van der Waals surface area contributed by atoms with Gasteiger partial charge in [-0.05, 0) is 6.07 Å². The fourth-order valence-electron chi connectivity index (χ4n) is 0.957. The summed E-state index contributed by atoms with van der Waals surface area (Å²) in [5.74, 6) is 0. The Hall–Kier alpha value is -0.670. The van der Waals surface area contributed by atoms with Crippen LogP contribution >= 0.6 is 11.3 Å². The molecule has 8 heteroatoms. The van der Waals surface area contributed by atoms with E-state index in [-0.39, 0.29) is 30.6 Å². The summed E-state index contributed by atoms with van der Waals surface area (Å²) in [6.45, 7) is 0.517. The third-order valence-corrected chi connectivity index (χ3v) is 4.55. The summed E-state index contributed by atoms with van der Waals surface area (Å²) in [6, 6.07) is 1.40. The molecular weight excluding hydrogens is 252 g/mol. The molecule has 0 bridgehead atoms. The Morgan fingerprint density at radius 1 is 1.50 bits per heavy atom. The third-order valence-electron chi connectivity index (χ3n) is 1.63. The van der Waals surface area contributed by atoms with E-state index in [0.717, 1.165) is 11.3 Å². The Balaban J connectivity index is 2.41. The second-order valence-electron chi connectivity index (χ2n) is 2.93. The van der Waals surface area contributed by atoms with Crippen LogP contribution in [0.1, 0.15) is 0 Å². The maximum atomic E-state index is 11.6. The first-order valence-corrected chi connectivity index (χ1v) is 6.95. The predicted molar refractivity (Wildman–Crippen MR) is 61.8 cm³/mol. The Labute approximate surface area is 98.1 Å². The van der Waals surface area contributed by atoms with Crippen LogP contribution in [-0.2, 0) is 14.8 Å². The molecule has 1 heterocycles. The first-order valence-electron chi connectivity index (χ1n) is 4.58. The second-order valence-corrected chi connectivity index (χ2v) is 5.84. The maximum Gasteiger partial charge on any atom is 0.250 e. The Morgan fingerprint density at radius 3 is 2.81 bits per heavy atom. The molecule has 4 N–H and O–H groups in total. The van der Waals surface area contributed by atoms with E-state index in [9.17, 15) is 8.42 Å². The van der Waals surface area contributed by atoms with Gasteiger partial charge < -0.3 is 15.6 Å². The van der Waals surface area contributed by atoms with Crippen LogP contribution < -0.4 is 10.5 Å². The lowest BCUT2D eigenvalue weighted by Crippen LogP contribution is -2.27. The second kappa shape index (κ2) is 6.16. The minimum absolute atomic E-state index is 0.0752. The molecule has 0 aromatic carbocycles. The van der Waals surface area contributed by atoms with Gasteiger partial charge >= 0.3 is 0 Å². The highest BCUT2D eigenvalue weighted by molar-refractivity contribution is 7.91. The van der Waals surface area contributed by atoms with Gasteiger partial charge in [0.25, 0.3) is 0 Å². The van der Waals surface area contributed by atoms with Crippen molar-refractivity contribution in [1.82, 2.24) is 4.72 Å². The number of aliphatic hydroxyl groups is 1. The summed E-state index contributed by atoms with van der Waals surface area (Å²) in [7, 11) is -3.48. The molecule has 16 heavy (non-hydrogen) atoms. The summed E-state index contributed by atoms with van der Waals surface area (Å²) >= 11 is 1.07. The van der Waals surface area contributed by atoms with E-state index in [1.165, 1.54) is 6.07 Å². The molecule has 92 valence electrons. The average molecular weight is 266 g/mol. The monoisotopic (exact) mass is 266 g/mol. The number of nitrogens with two attached hydrogens (primary N) is 1. The Kier molecular flexibility index (Phi) is 5.16. The smallest absolute Gasteiger partial charge is 0.250 e. The van der Waals surface area contributed by atoms with E-state index < -0.39 is 10.0 Å². The van der Waals surface area contributed by atoms with Crippen molar-refractivity contribution < 1.29 is 18.3 Å². The van der Waals surface area contributed by atoms with Gasteiger partial charge in [0.1, 0.15) is 4.21 Å². The first kappa shape index (κ1) is 13.4. The van der Waals surface area contributed by atoms with Crippen molar-refractivity contribution in [2.24, 2.45) is 0 Å². The van der Waals surface area contributed by atoms with Gasteiger partial charge in [0.05, 0.1) is 19.8 Å². The number of hydrogen-bond acceptors (Lipinski definition) is 6. The minimum atomic E-state index is -3.48. The highest BCUT2D eigenvalue weighted by atomic mass is 32.2. The lowest BCUT2D eigenvalue weighted by Gasteiger charge is -2.04. The van der Waals surface area contributed by atoms with Crippen LogP contribution in [0.3, 0.4) is 0 Å². The van der Waals surface area contributed by atoms with Crippen LogP contribution in [0.4, 0.5) is 5.69 Å². The van der Waals surface area contributed by atoms with E-state index in [0.29, 0.717) is 5.69 Å². The summed E-state index contributed by atoms with van der Waals surface area (Å²) in [4.78, 5) is 0. The van der Waals surface area contributed by atoms with Crippen LogP contribution in [0.2, 0.25) is 0 Å². The van der Waals surface area contributed by atoms with Gasteiger partial charge in [0.2, 0.25) is 10.0 Å². The molecule has 0 radical (unpaired) electrons. The summed E-state index contributed by atoms with van der Waals surface area (Å²) in [6.07, 6.45) is 0. The molecule has 0 atom stereocenters. The van der Waals surface area contributed by atoms with Crippen molar-refractivity contribution in [3.63, 3.8) is 0 Å². The van der Waals surface area contributed by atoms with Crippen LogP contribution in [0, 0.1) is 0 Å². The average Bonchev–Trinajstić information content (AvgIpc) is 2.65. The topological polar surface area (TPSA) is 102 Å².